The van der Waals surface area contributed by atoms with E-state index in [-0.39, 0.29) is 17.0 Å². The highest BCUT2D eigenvalue weighted by molar-refractivity contribution is 8.13. The fraction of sp³-hybridized carbons (Fsp3) is 0.833. The van der Waals surface area contributed by atoms with E-state index in [4.69, 9.17) is 0 Å². The van der Waals surface area contributed by atoms with E-state index in [1.165, 1.54) is 12.2 Å². The van der Waals surface area contributed by atoms with Gasteiger partial charge in [0.2, 0.25) is 0 Å². The summed E-state index contributed by atoms with van der Waals surface area (Å²) in [6.45, 7) is 4.18. The number of aliphatic imine (C=N–C) groups is 1. The lowest BCUT2D eigenvalue weighted by Gasteiger charge is -1.97. The van der Waals surface area contributed by atoms with E-state index in [9.17, 15) is 0 Å². The van der Waals surface area contributed by atoms with Crippen molar-refractivity contribution in [2.45, 2.75) is 13.3 Å². The van der Waals surface area contributed by atoms with Crippen LogP contribution in [0.3, 0.4) is 0 Å². The van der Waals surface area contributed by atoms with Crippen molar-refractivity contribution < 1.29 is 17.0 Å². The van der Waals surface area contributed by atoms with Crippen LogP contribution in [0.5, 0.6) is 0 Å². The maximum atomic E-state index is 4.24. The number of thioether (sulfide) groups is 1. The molecule has 60 valence electrons. The first-order chi connectivity index (χ1) is 4.43. The molecule has 0 radical (unpaired) electrons. The molecule has 0 saturated heterocycles. The number of nitrogens with zero attached hydrogens (tertiary/aromatic N) is 1. The molecule has 0 aromatic heterocycles. The minimum atomic E-state index is 0. The predicted molar refractivity (Wildman–Crippen MR) is 43.1 cm³/mol. The molecule has 0 amide bonds. The van der Waals surface area contributed by atoms with Crippen molar-refractivity contribution in [2.24, 2.45) is 4.99 Å². The molecule has 1 aliphatic heterocycles. The zero-order valence-corrected chi connectivity index (χ0v) is 8.46. The fourth-order valence-electron chi connectivity index (χ4n) is 0.672. The summed E-state index contributed by atoms with van der Waals surface area (Å²) in [6, 6.07) is 0. The highest BCUT2D eigenvalue weighted by Crippen LogP contribution is 2.05. The van der Waals surface area contributed by atoms with Gasteiger partial charge in [-0.3, -0.25) is 4.99 Å². The Kier molecular flexibility index (Phi) is 6.22. The molecule has 1 aliphatic rings. The van der Waals surface area contributed by atoms with E-state index in [2.05, 4.69) is 17.2 Å². The highest BCUT2D eigenvalue weighted by atomic mass is 79.9. The highest BCUT2D eigenvalue weighted by Gasteiger charge is 2.02. The molecule has 0 bridgehead atoms. The van der Waals surface area contributed by atoms with Crippen LogP contribution in [-0.4, -0.2) is 24.0 Å². The number of hydrogen-bond donors (Lipinski definition) is 1. The van der Waals surface area contributed by atoms with Crippen LogP contribution in [0.2, 0.25) is 0 Å². The summed E-state index contributed by atoms with van der Waals surface area (Å²) in [5.74, 6) is 1.19. The lowest BCUT2D eigenvalue weighted by Crippen LogP contribution is -3.00. The smallest absolute Gasteiger partial charge is 0.156 e. The van der Waals surface area contributed by atoms with Gasteiger partial charge >= 0.3 is 0 Å². The van der Waals surface area contributed by atoms with Gasteiger partial charge in [-0.1, -0.05) is 18.7 Å². The van der Waals surface area contributed by atoms with Crippen LogP contribution in [0.1, 0.15) is 13.3 Å². The molecule has 1 N–H and O–H groups in total. The molecule has 1 rings (SSSR count). The lowest BCUT2D eigenvalue weighted by atomic mass is 10.6. The van der Waals surface area contributed by atoms with Gasteiger partial charge in [0.25, 0.3) is 0 Å². The fourth-order valence-corrected chi connectivity index (χ4v) is 1.46. The third-order valence-electron chi connectivity index (χ3n) is 1.09. The average molecular weight is 224 g/mol. The van der Waals surface area contributed by atoms with Crippen LogP contribution in [0.4, 0.5) is 0 Å². The molecule has 0 aromatic rings. The number of halogens is 1. The van der Waals surface area contributed by atoms with Crippen molar-refractivity contribution >= 4 is 16.9 Å². The molecule has 4 heteroatoms. The topological polar surface area (TPSA) is 24.4 Å². The summed E-state index contributed by atoms with van der Waals surface area (Å²) in [5, 5.41) is 4.34. The van der Waals surface area contributed by atoms with E-state index in [1.54, 1.807) is 0 Å². The van der Waals surface area contributed by atoms with Crippen LogP contribution >= 0.6 is 11.8 Å². The molecule has 0 spiro atoms. The molecule has 0 unspecified atom stereocenters. The normalized spacial score (nSPS) is 15.5. The van der Waals surface area contributed by atoms with Crippen LogP contribution in [-0.2, 0) is 0 Å². The van der Waals surface area contributed by atoms with Crippen molar-refractivity contribution in [3.05, 3.63) is 0 Å². The SMILES string of the molecule is CCCSC1=NCCN1.[Br-]. The van der Waals surface area contributed by atoms with Gasteiger partial charge in [-0.15, -0.1) is 0 Å². The molecule has 0 aromatic carbocycles. The zero-order chi connectivity index (χ0) is 6.53. The second-order valence-corrected chi connectivity index (χ2v) is 3.05. The standard InChI is InChI=1S/C6H12N2S.BrH/c1-2-5-9-6-7-3-4-8-6;/h2-5H2,1H3,(H,7,8);1H/p-1. The van der Waals surface area contributed by atoms with E-state index in [0.29, 0.717) is 0 Å². The summed E-state index contributed by atoms with van der Waals surface area (Å²) in [4.78, 5) is 4.24. The molecular weight excluding hydrogens is 212 g/mol. The van der Waals surface area contributed by atoms with E-state index >= 15 is 0 Å². The zero-order valence-electron chi connectivity index (χ0n) is 6.06. The monoisotopic (exact) mass is 223 g/mol. The molecule has 0 saturated carbocycles. The Balaban J connectivity index is 0.000000810. The number of hydrogen-bond acceptors (Lipinski definition) is 3. The van der Waals surface area contributed by atoms with Gasteiger partial charge in [0.15, 0.2) is 5.17 Å². The Hall–Kier alpha value is 0.300. The minimum Gasteiger partial charge on any atom is -1.00 e. The van der Waals surface area contributed by atoms with Gasteiger partial charge in [0.05, 0.1) is 6.54 Å². The summed E-state index contributed by atoms with van der Waals surface area (Å²) in [7, 11) is 0. The van der Waals surface area contributed by atoms with Crippen LogP contribution in [0.25, 0.3) is 0 Å². The Morgan fingerprint density at radius 1 is 1.70 bits per heavy atom. The second kappa shape index (κ2) is 6.04. The van der Waals surface area contributed by atoms with Gasteiger partial charge < -0.3 is 22.3 Å². The average Bonchev–Trinajstić information content (AvgIpc) is 2.34. The molecule has 0 atom stereocenters. The van der Waals surface area contributed by atoms with Crippen molar-refractivity contribution in [3.8, 4) is 0 Å². The van der Waals surface area contributed by atoms with Crippen LogP contribution in [0, 0.1) is 0 Å². The van der Waals surface area contributed by atoms with Gasteiger partial charge in [-0.2, -0.15) is 0 Å². The van der Waals surface area contributed by atoms with E-state index < -0.39 is 0 Å². The molecule has 2 nitrogen and oxygen atoms in total. The van der Waals surface area contributed by atoms with Crippen LogP contribution in [0.15, 0.2) is 4.99 Å². The Bertz CT molecular complexity index is 116. The first kappa shape index (κ1) is 10.3. The van der Waals surface area contributed by atoms with Crippen molar-refractivity contribution in [1.82, 2.24) is 5.32 Å². The first-order valence-corrected chi connectivity index (χ1v) is 4.33. The minimum absolute atomic E-state index is 0. The Morgan fingerprint density at radius 2 is 2.50 bits per heavy atom. The van der Waals surface area contributed by atoms with Crippen molar-refractivity contribution in [1.29, 1.82) is 0 Å². The maximum Gasteiger partial charge on any atom is 0.156 e. The summed E-state index contributed by atoms with van der Waals surface area (Å²) in [5.41, 5.74) is 0. The van der Waals surface area contributed by atoms with Gasteiger partial charge in [-0.25, -0.2) is 0 Å². The lowest BCUT2D eigenvalue weighted by molar-refractivity contribution is -0.00000194. The van der Waals surface area contributed by atoms with Crippen molar-refractivity contribution in [2.75, 3.05) is 18.8 Å². The molecule has 0 aliphatic carbocycles. The third kappa shape index (κ3) is 3.46. The Morgan fingerprint density at radius 3 is 3.00 bits per heavy atom. The quantitative estimate of drug-likeness (QED) is 0.592. The molecular formula is C6H12BrN2S-. The Labute approximate surface area is 76.6 Å². The van der Waals surface area contributed by atoms with Crippen molar-refractivity contribution in [3.63, 3.8) is 0 Å². The largest absolute Gasteiger partial charge is 1.00 e. The number of amidine groups is 1. The summed E-state index contributed by atoms with van der Waals surface area (Å²) >= 11 is 1.82. The van der Waals surface area contributed by atoms with E-state index in [0.717, 1.165) is 18.3 Å². The van der Waals surface area contributed by atoms with Gasteiger partial charge in [-0.05, 0) is 6.42 Å². The van der Waals surface area contributed by atoms with Gasteiger partial charge in [0, 0.05) is 12.3 Å². The third-order valence-corrected chi connectivity index (χ3v) is 2.25. The maximum absolute atomic E-state index is 4.24. The summed E-state index contributed by atoms with van der Waals surface area (Å²) < 4.78 is 0. The first-order valence-electron chi connectivity index (χ1n) is 3.34. The number of nitrogens with one attached hydrogen (secondary N) is 1. The van der Waals surface area contributed by atoms with Crippen LogP contribution < -0.4 is 22.3 Å². The predicted octanol–water partition coefficient (Wildman–Crippen LogP) is -1.91. The molecule has 10 heavy (non-hydrogen) atoms. The van der Waals surface area contributed by atoms with Gasteiger partial charge in [0.1, 0.15) is 0 Å². The summed E-state index contributed by atoms with van der Waals surface area (Å²) in [6.07, 6.45) is 1.23. The molecule has 1 heterocycles. The molecule has 0 fully saturated rings. The van der Waals surface area contributed by atoms with E-state index in [1.807, 2.05) is 11.8 Å². The number of rotatable bonds is 2. The second-order valence-electron chi connectivity index (χ2n) is 1.96.